The molecule has 0 aromatic heterocycles. The molecular weight excluding hydrogens is 242 g/mol. The summed E-state index contributed by atoms with van der Waals surface area (Å²) in [5.41, 5.74) is 6.54. The molecule has 0 heterocycles. The Hall–Kier alpha value is -1.59. The van der Waals surface area contributed by atoms with Crippen molar-refractivity contribution in [2.24, 2.45) is 5.73 Å². The molecule has 0 fully saturated rings. The van der Waals surface area contributed by atoms with Crippen molar-refractivity contribution < 1.29 is 9.53 Å². The Morgan fingerprint density at radius 3 is 2.63 bits per heavy atom. The molecule has 1 aromatic rings. The standard InChI is InChI=1S/C14H23N3O2/c1-3-17(2)9-8-16-14(18)11-19-13-6-4-12(10-15)5-7-13/h4-7H,3,8-11,15H2,1-2H3,(H,16,18). The van der Waals surface area contributed by atoms with E-state index in [2.05, 4.69) is 17.1 Å². The maximum Gasteiger partial charge on any atom is 0.257 e. The van der Waals surface area contributed by atoms with Crippen LogP contribution in [0.5, 0.6) is 5.75 Å². The molecular formula is C14H23N3O2. The van der Waals surface area contributed by atoms with Crippen LogP contribution in [0.15, 0.2) is 24.3 Å². The normalized spacial score (nSPS) is 10.5. The molecule has 0 aliphatic carbocycles. The van der Waals surface area contributed by atoms with Crippen LogP contribution in [-0.2, 0) is 11.3 Å². The van der Waals surface area contributed by atoms with Crippen LogP contribution >= 0.6 is 0 Å². The molecule has 0 bridgehead atoms. The van der Waals surface area contributed by atoms with E-state index in [-0.39, 0.29) is 12.5 Å². The van der Waals surface area contributed by atoms with Crippen molar-refractivity contribution in [2.75, 3.05) is 33.3 Å². The van der Waals surface area contributed by atoms with Gasteiger partial charge < -0.3 is 20.7 Å². The third-order valence-corrected chi connectivity index (χ3v) is 2.88. The van der Waals surface area contributed by atoms with Gasteiger partial charge in [-0.25, -0.2) is 0 Å². The molecule has 1 rings (SSSR count). The first-order valence-electron chi connectivity index (χ1n) is 6.52. The number of rotatable bonds is 8. The van der Waals surface area contributed by atoms with E-state index in [1.807, 2.05) is 31.3 Å². The summed E-state index contributed by atoms with van der Waals surface area (Å²) in [6, 6.07) is 7.42. The average Bonchev–Trinajstić information content (AvgIpc) is 2.45. The maximum atomic E-state index is 11.5. The summed E-state index contributed by atoms with van der Waals surface area (Å²) in [6.45, 7) is 5.07. The van der Waals surface area contributed by atoms with Crippen molar-refractivity contribution in [3.8, 4) is 5.75 Å². The average molecular weight is 265 g/mol. The Kier molecular flexibility index (Phi) is 6.92. The number of likely N-dealkylation sites (N-methyl/N-ethyl adjacent to an activating group) is 1. The lowest BCUT2D eigenvalue weighted by molar-refractivity contribution is -0.123. The monoisotopic (exact) mass is 265 g/mol. The molecule has 5 nitrogen and oxygen atoms in total. The minimum atomic E-state index is -0.104. The van der Waals surface area contributed by atoms with Crippen LogP contribution < -0.4 is 15.8 Å². The van der Waals surface area contributed by atoms with Crippen molar-refractivity contribution in [1.29, 1.82) is 0 Å². The van der Waals surface area contributed by atoms with Crippen molar-refractivity contribution in [2.45, 2.75) is 13.5 Å². The molecule has 0 unspecified atom stereocenters. The second kappa shape index (κ2) is 8.50. The molecule has 5 heteroatoms. The molecule has 0 aliphatic rings. The predicted octanol–water partition coefficient (Wildman–Crippen LogP) is 0.592. The van der Waals surface area contributed by atoms with Gasteiger partial charge in [0.25, 0.3) is 5.91 Å². The van der Waals surface area contributed by atoms with E-state index in [1.165, 1.54) is 0 Å². The van der Waals surface area contributed by atoms with Crippen molar-refractivity contribution >= 4 is 5.91 Å². The fraction of sp³-hybridized carbons (Fsp3) is 0.500. The van der Waals surface area contributed by atoms with Gasteiger partial charge >= 0.3 is 0 Å². The van der Waals surface area contributed by atoms with Crippen LogP contribution in [0, 0.1) is 0 Å². The number of amides is 1. The van der Waals surface area contributed by atoms with E-state index >= 15 is 0 Å². The van der Waals surface area contributed by atoms with Crippen LogP contribution in [0.4, 0.5) is 0 Å². The molecule has 0 spiro atoms. The summed E-state index contributed by atoms with van der Waals surface area (Å²) in [5, 5.41) is 2.82. The lowest BCUT2D eigenvalue weighted by atomic mass is 10.2. The van der Waals surface area contributed by atoms with Gasteiger partial charge in [-0.2, -0.15) is 0 Å². The van der Waals surface area contributed by atoms with E-state index in [0.29, 0.717) is 18.8 Å². The molecule has 3 N–H and O–H groups in total. The number of hydrogen-bond donors (Lipinski definition) is 2. The summed E-state index contributed by atoms with van der Waals surface area (Å²) >= 11 is 0. The molecule has 0 saturated heterocycles. The largest absolute Gasteiger partial charge is 0.484 e. The van der Waals surface area contributed by atoms with Crippen LogP contribution in [-0.4, -0.2) is 44.1 Å². The van der Waals surface area contributed by atoms with Gasteiger partial charge in [-0.1, -0.05) is 19.1 Å². The lowest BCUT2D eigenvalue weighted by Gasteiger charge is -2.14. The fourth-order valence-corrected chi connectivity index (χ4v) is 1.47. The minimum Gasteiger partial charge on any atom is -0.484 e. The highest BCUT2D eigenvalue weighted by molar-refractivity contribution is 5.77. The molecule has 1 aromatic carbocycles. The summed E-state index contributed by atoms with van der Waals surface area (Å²) in [7, 11) is 2.02. The quantitative estimate of drug-likeness (QED) is 0.722. The van der Waals surface area contributed by atoms with E-state index < -0.39 is 0 Å². The number of nitrogens with one attached hydrogen (secondary N) is 1. The van der Waals surface area contributed by atoms with Crippen molar-refractivity contribution in [1.82, 2.24) is 10.2 Å². The highest BCUT2D eigenvalue weighted by Gasteiger charge is 2.03. The zero-order valence-corrected chi connectivity index (χ0v) is 11.7. The van der Waals surface area contributed by atoms with E-state index in [4.69, 9.17) is 10.5 Å². The number of benzene rings is 1. The molecule has 0 radical (unpaired) electrons. The first kappa shape index (κ1) is 15.5. The van der Waals surface area contributed by atoms with Crippen LogP contribution in [0.1, 0.15) is 12.5 Å². The zero-order chi connectivity index (χ0) is 14.1. The summed E-state index contributed by atoms with van der Waals surface area (Å²) < 4.78 is 5.38. The summed E-state index contributed by atoms with van der Waals surface area (Å²) in [4.78, 5) is 13.7. The maximum absolute atomic E-state index is 11.5. The second-order valence-electron chi connectivity index (χ2n) is 4.38. The highest BCUT2D eigenvalue weighted by Crippen LogP contribution is 2.11. The Labute approximate surface area is 114 Å². The predicted molar refractivity (Wildman–Crippen MR) is 76.0 cm³/mol. The molecule has 0 aliphatic heterocycles. The Morgan fingerprint density at radius 2 is 2.05 bits per heavy atom. The molecule has 0 saturated carbocycles. The lowest BCUT2D eigenvalue weighted by Crippen LogP contribution is -2.35. The summed E-state index contributed by atoms with van der Waals surface area (Å²) in [6.07, 6.45) is 0. The number of carbonyl (C=O) groups excluding carboxylic acids is 1. The topological polar surface area (TPSA) is 67.6 Å². The molecule has 0 atom stereocenters. The van der Waals surface area contributed by atoms with Gasteiger partial charge in [-0.15, -0.1) is 0 Å². The van der Waals surface area contributed by atoms with Gasteiger partial charge in [0.15, 0.2) is 6.61 Å². The molecule has 19 heavy (non-hydrogen) atoms. The van der Waals surface area contributed by atoms with Gasteiger partial charge in [-0.05, 0) is 31.3 Å². The Morgan fingerprint density at radius 1 is 1.37 bits per heavy atom. The number of hydrogen-bond acceptors (Lipinski definition) is 4. The van der Waals surface area contributed by atoms with E-state index in [9.17, 15) is 4.79 Å². The second-order valence-corrected chi connectivity index (χ2v) is 4.38. The third kappa shape index (κ3) is 6.22. The summed E-state index contributed by atoms with van der Waals surface area (Å²) in [5.74, 6) is 0.574. The molecule has 1 amide bonds. The van der Waals surface area contributed by atoms with Gasteiger partial charge in [-0.3, -0.25) is 4.79 Å². The van der Waals surface area contributed by atoms with Gasteiger partial charge in [0.05, 0.1) is 0 Å². The third-order valence-electron chi connectivity index (χ3n) is 2.88. The smallest absolute Gasteiger partial charge is 0.257 e. The number of carbonyl (C=O) groups is 1. The van der Waals surface area contributed by atoms with Crippen LogP contribution in [0.25, 0.3) is 0 Å². The van der Waals surface area contributed by atoms with E-state index in [0.717, 1.165) is 18.7 Å². The SMILES string of the molecule is CCN(C)CCNC(=O)COc1ccc(CN)cc1. The molecule has 106 valence electrons. The van der Waals surface area contributed by atoms with Gasteiger partial charge in [0.1, 0.15) is 5.75 Å². The van der Waals surface area contributed by atoms with E-state index in [1.54, 1.807) is 0 Å². The van der Waals surface area contributed by atoms with Gasteiger partial charge in [0.2, 0.25) is 0 Å². The van der Waals surface area contributed by atoms with Crippen molar-refractivity contribution in [3.05, 3.63) is 29.8 Å². The highest BCUT2D eigenvalue weighted by atomic mass is 16.5. The minimum absolute atomic E-state index is 0.0395. The van der Waals surface area contributed by atoms with Crippen molar-refractivity contribution in [3.63, 3.8) is 0 Å². The Bertz CT molecular complexity index is 379. The van der Waals surface area contributed by atoms with Gasteiger partial charge in [0, 0.05) is 19.6 Å². The first-order valence-corrected chi connectivity index (χ1v) is 6.52. The first-order chi connectivity index (χ1) is 9.15. The van der Waals surface area contributed by atoms with Crippen LogP contribution in [0.2, 0.25) is 0 Å². The number of nitrogens with zero attached hydrogens (tertiary/aromatic N) is 1. The zero-order valence-electron chi connectivity index (χ0n) is 11.7. The Balaban J connectivity index is 2.22. The number of nitrogens with two attached hydrogens (primary N) is 1. The van der Waals surface area contributed by atoms with Crippen LogP contribution in [0.3, 0.4) is 0 Å². The fourth-order valence-electron chi connectivity index (χ4n) is 1.47. The number of ether oxygens (including phenoxy) is 1.